The molecule has 0 bridgehead atoms. The molecule has 1 amide bonds. The molecule has 1 rings (SSSR count). The maximum atomic E-state index is 13.5. The van der Waals surface area contributed by atoms with Crippen LogP contribution >= 0.6 is 0 Å². The molecular formula is C70H127NO10. The quantitative estimate of drug-likeness (QED) is 0.0149. The number of ether oxygens (including phenoxy) is 3. The lowest BCUT2D eigenvalue weighted by molar-refractivity contribution is -0.305. The van der Waals surface area contributed by atoms with Gasteiger partial charge < -0.3 is 45.1 Å². The molecule has 1 aliphatic rings. The summed E-state index contributed by atoms with van der Waals surface area (Å²) in [5.74, 6) is -1.20. The first-order valence-corrected chi connectivity index (χ1v) is 34.1. The lowest BCUT2D eigenvalue weighted by Crippen LogP contribution is -2.61. The van der Waals surface area contributed by atoms with Crippen LogP contribution in [0.25, 0.3) is 0 Å². The first-order valence-electron chi connectivity index (χ1n) is 34.1. The fourth-order valence-electron chi connectivity index (χ4n) is 10.5. The highest BCUT2D eigenvalue weighted by molar-refractivity contribution is 5.80. The van der Waals surface area contributed by atoms with Crippen LogP contribution in [-0.2, 0) is 23.8 Å². The van der Waals surface area contributed by atoms with Crippen molar-refractivity contribution in [2.45, 2.75) is 359 Å². The molecule has 8 unspecified atom stereocenters. The molecule has 8 atom stereocenters. The molecule has 0 aromatic rings. The molecule has 0 saturated carbocycles. The fourth-order valence-corrected chi connectivity index (χ4v) is 10.5. The summed E-state index contributed by atoms with van der Waals surface area (Å²) in [6.45, 7) is 5.74. The molecule has 1 aliphatic heterocycles. The Labute approximate surface area is 497 Å². The topological polar surface area (TPSA) is 175 Å². The molecule has 11 heteroatoms. The Balaban J connectivity index is 2.55. The largest absolute Gasteiger partial charge is 0.454 e. The summed E-state index contributed by atoms with van der Waals surface area (Å²) in [4.78, 5) is 26.6. The van der Waals surface area contributed by atoms with E-state index in [1.807, 2.05) is 6.08 Å². The van der Waals surface area contributed by atoms with E-state index in [0.717, 1.165) is 89.9 Å². The molecule has 6 N–H and O–H groups in total. The molecule has 0 aromatic carbocycles. The normalized spacial score (nSPS) is 19.0. The number of amides is 1. The molecule has 81 heavy (non-hydrogen) atoms. The monoisotopic (exact) mass is 1140 g/mol. The third-order valence-electron chi connectivity index (χ3n) is 15.9. The number of aliphatic hydroxyl groups excluding tert-OH is 5. The van der Waals surface area contributed by atoms with E-state index < -0.39 is 67.4 Å². The fraction of sp³-hybridized carbons (Fsp3) is 0.829. The van der Waals surface area contributed by atoms with Crippen LogP contribution in [0.3, 0.4) is 0 Å². The van der Waals surface area contributed by atoms with Crippen molar-refractivity contribution in [2.24, 2.45) is 0 Å². The number of unbranched alkanes of at least 4 members (excludes halogenated alkanes) is 37. The van der Waals surface area contributed by atoms with Gasteiger partial charge in [-0.1, -0.05) is 281 Å². The Kier molecular flexibility index (Phi) is 54.5. The summed E-state index contributed by atoms with van der Waals surface area (Å²) in [6.07, 6.45) is 62.7. The van der Waals surface area contributed by atoms with E-state index >= 15 is 0 Å². The van der Waals surface area contributed by atoms with Crippen molar-refractivity contribution in [1.29, 1.82) is 0 Å². The second-order valence-electron chi connectivity index (χ2n) is 23.6. The van der Waals surface area contributed by atoms with Gasteiger partial charge in [0.15, 0.2) is 12.4 Å². The standard InChI is InChI=1S/C70H127NO10/c1-4-7-10-13-16-19-22-24-26-27-28-29-30-31-32-33-34-35-36-38-39-42-45-48-51-54-57-63(74)69(78)71-61(62(73)56-53-50-47-44-41-21-18-15-12-9-6-3)60-79-70-68(67(77)66(76)64(59-72)80-70)81-65(75)58-55-52-49-46-43-40-37-25-23-20-17-14-11-8-5-2/h16-17,19-20,23-26,53,56,61-64,66-68,70,72-74,76-77H,4-15,18,21-22,27-52,54-55,57-60H2,1-3H3,(H,71,78)/b19-16-,20-17+,25-23+,26-24-,56-53+. The van der Waals surface area contributed by atoms with Crippen molar-refractivity contribution in [3.8, 4) is 0 Å². The maximum absolute atomic E-state index is 13.5. The molecule has 1 fully saturated rings. The zero-order valence-corrected chi connectivity index (χ0v) is 52.4. The summed E-state index contributed by atoms with van der Waals surface area (Å²) in [5.41, 5.74) is 0. The number of hydrogen-bond donors (Lipinski definition) is 6. The Hall–Kier alpha value is -2.64. The van der Waals surface area contributed by atoms with Crippen molar-refractivity contribution in [3.05, 3.63) is 60.8 Å². The van der Waals surface area contributed by atoms with Gasteiger partial charge in [0.2, 0.25) is 5.91 Å². The predicted octanol–water partition coefficient (Wildman–Crippen LogP) is 17.0. The maximum Gasteiger partial charge on any atom is 0.306 e. The van der Waals surface area contributed by atoms with Crippen LogP contribution in [0, 0.1) is 0 Å². The van der Waals surface area contributed by atoms with E-state index in [1.54, 1.807) is 6.08 Å². The number of allylic oxidation sites excluding steroid dienone is 9. The van der Waals surface area contributed by atoms with Gasteiger partial charge in [0.25, 0.3) is 0 Å². The lowest BCUT2D eigenvalue weighted by atomic mass is 9.99. The van der Waals surface area contributed by atoms with Gasteiger partial charge >= 0.3 is 5.97 Å². The molecule has 0 aliphatic carbocycles. The number of carbonyl (C=O) groups excluding carboxylic acids is 2. The van der Waals surface area contributed by atoms with Crippen LogP contribution in [0.2, 0.25) is 0 Å². The molecule has 0 radical (unpaired) electrons. The Morgan fingerprint density at radius 2 is 0.889 bits per heavy atom. The van der Waals surface area contributed by atoms with E-state index in [9.17, 15) is 35.1 Å². The molecule has 0 aromatic heterocycles. The highest BCUT2D eigenvalue weighted by Crippen LogP contribution is 2.26. The number of carbonyl (C=O) groups is 2. The first kappa shape index (κ1) is 76.4. The minimum Gasteiger partial charge on any atom is -0.454 e. The van der Waals surface area contributed by atoms with E-state index in [4.69, 9.17) is 14.2 Å². The third kappa shape index (κ3) is 45.4. The van der Waals surface area contributed by atoms with Crippen molar-refractivity contribution >= 4 is 11.9 Å². The van der Waals surface area contributed by atoms with Gasteiger partial charge in [0.1, 0.15) is 24.4 Å². The number of aliphatic hydroxyl groups is 5. The van der Waals surface area contributed by atoms with Crippen LogP contribution < -0.4 is 5.32 Å². The van der Waals surface area contributed by atoms with E-state index in [1.165, 1.54) is 173 Å². The Morgan fingerprint density at radius 1 is 0.494 bits per heavy atom. The van der Waals surface area contributed by atoms with Crippen LogP contribution in [0.5, 0.6) is 0 Å². The average molecular weight is 1140 g/mol. The number of hydrogen-bond acceptors (Lipinski definition) is 10. The highest BCUT2D eigenvalue weighted by Gasteiger charge is 2.47. The summed E-state index contributed by atoms with van der Waals surface area (Å²) in [6, 6.07) is -1.03. The second-order valence-corrected chi connectivity index (χ2v) is 23.6. The first-order chi connectivity index (χ1) is 39.7. The average Bonchev–Trinajstić information content (AvgIpc) is 3.51. The van der Waals surface area contributed by atoms with Crippen molar-refractivity contribution < 1.29 is 49.3 Å². The Morgan fingerprint density at radius 3 is 1.36 bits per heavy atom. The zero-order valence-electron chi connectivity index (χ0n) is 52.4. The van der Waals surface area contributed by atoms with Crippen LogP contribution in [0.1, 0.15) is 310 Å². The molecule has 472 valence electrons. The van der Waals surface area contributed by atoms with E-state index in [0.29, 0.717) is 19.3 Å². The lowest BCUT2D eigenvalue weighted by Gasteiger charge is -2.41. The van der Waals surface area contributed by atoms with Gasteiger partial charge in [-0.3, -0.25) is 9.59 Å². The predicted molar refractivity (Wildman–Crippen MR) is 338 cm³/mol. The highest BCUT2D eigenvalue weighted by atomic mass is 16.7. The molecule has 1 heterocycles. The Bertz CT molecular complexity index is 1550. The van der Waals surface area contributed by atoms with Gasteiger partial charge in [-0.15, -0.1) is 0 Å². The SMILES string of the molecule is CCCCC/C=C\C/C=C\CCCCCCCCCCCCCCCCCCC(O)C(=O)NC(COC1OC(CO)C(O)C(O)C1OC(=O)CCCCCCCC/C=C/C=C/CCCCC)C(O)/C=C/CCCCCCCCCCC. The number of nitrogens with one attached hydrogen (secondary N) is 1. The van der Waals surface area contributed by atoms with Crippen LogP contribution in [0.4, 0.5) is 0 Å². The smallest absolute Gasteiger partial charge is 0.306 e. The summed E-state index contributed by atoms with van der Waals surface area (Å²) in [5, 5.41) is 57.1. The van der Waals surface area contributed by atoms with Gasteiger partial charge in [0, 0.05) is 6.42 Å². The van der Waals surface area contributed by atoms with Crippen LogP contribution in [0.15, 0.2) is 60.8 Å². The van der Waals surface area contributed by atoms with Crippen LogP contribution in [-0.4, -0.2) is 99.6 Å². The van der Waals surface area contributed by atoms with E-state index in [-0.39, 0.29) is 13.0 Å². The number of esters is 1. The van der Waals surface area contributed by atoms with Gasteiger partial charge in [-0.05, 0) is 83.5 Å². The molecule has 1 saturated heterocycles. The molecule has 0 spiro atoms. The van der Waals surface area contributed by atoms with Crippen molar-refractivity contribution in [1.82, 2.24) is 5.32 Å². The van der Waals surface area contributed by atoms with Gasteiger partial charge in [-0.25, -0.2) is 0 Å². The van der Waals surface area contributed by atoms with Gasteiger partial charge in [0.05, 0.1) is 25.4 Å². The molecular weight excluding hydrogens is 1010 g/mol. The van der Waals surface area contributed by atoms with E-state index in [2.05, 4.69) is 74.7 Å². The van der Waals surface area contributed by atoms with Gasteiger partial charge in [-0.2, -0.15) is 0 Å². The summed E-state index contributed by atoms with van der Waals surface area (Å²) >= 11 is 0. The van der Waals surface area contributed by atoms with Crippen molar-refractivity contribution in [2.75, 3.05) is 13.2 Å². The number of rotatable bonds is 58. The minimum absolute atomic E-state index is 0.111. The second kappa shape index (κ2) is 57.8. The zero-order chi connectivity index (χ0) is 58.9. The minimum atomic E-state index is -1.62. The summed E-state index contributed by atoms with van der Waals surface area (Å²) < 4.78 is 17.6. The molecule has 11 nitrogen and oxygen atoms in total. The third-order valence-corrected chi connectivity index (χ3v) is 15.9. The summed E-state index contributed by atoms with van der Waals surface area (Å²) in [7, 11) is 0. The van der Waals surface area contributed by atoms with Crippen molar-refractivity contribution in [3.63, 3.8) is 0 Å².